The van der Waals surface area contributed by atoms with Gasteiger partial charge in [0.15, 0.2) is 5.43 Å². The summed E-state index contributed by atoms with van der Waals surface area (Å²) in [5.74, 6) is 0.280. The van der Waals surface area contributed by atoms with Gasteiger partial charge in [-0.15, -0.1) is 0 Å². The third kappa shape index (κ3) is 3.08. The summed E-state index contributed by atoms with van der Waals surface area (Å²) in [5.41, 5.74) is 1.16. The first-order valence-corrected chi connectivity index (χ1v) is 7.82. The molecule has 0 saturated heterocycles. The number of esters is 1. The minimum atomic E-state index is -0.493. The molecular formula is C20H12N2O4. The average Bonchev–Trinajstić information content (AvgIpc) is 2.69. The average molecular weight is 344 g/mol. The first-order chi connectivity index (χ1) is 12.7. The van der Waals surface area contributed by atoms with E-state index in [2.05, 4.69) is 9.97 Å². The number of rotatable bonds is 3. The van der Waals surface area contributed by atoms with Crippen LogP contribution in [0.1, 0.15) is 10.4 Å². The highest BCUT2D eigenvalue weighted by molar-refractivity contribution is 5.90. The van der Waals surface area contributed by atoms with E-state index in [0.29, 0.717) is 28.0 Å². The van der Waals surface area contributed by atoms with E-state index in [1.807, 2.05) is 0 Å². The van der Waals surface area contributed by atoms with Crippen molar-refractivity contribution in [3.8, 4) is 17.1 Å². The summed E-state index contributed by atoms with van der Waals surface area (Å²) < 4.78 is 11.0. The van der Waals surface area contributed by atoms with Crippen molar-refractivity contribution in [2.75, 3.05) is 0 Å². The zero-order valence-electron chi connectivity index (χ0n) is 13.5. The molecule has 3 aromatic heterocycles. The van der Waals surface area contributed by atoms with E-state index in [9.17, 15) is 9.59 Å². The third-order valence-electron chi connectivity index (χ3n) is 3.75. The van der Waals surface area contributed by atoms with Crippen LogP contribution in [0.15, 0.2) is 82.4 Å². The fourth-order valence-corrected chi connectivity index (χ4v) is 2.47. The summed E-state index contributed by atoms with van der Waals surface area (Å²) in [7, 11) is 0. The molecule has 4 aromatic rings. The molecule has 0 aliphatic heterocycles. The molecule has 6 nitrogen and oxygen atoms in total. The zero-order valence-corrected chi connectivity index (χ0v) is 13.5. The van der Waals surface area contributed by atoms with Crippen LogP contribution in [-0.2, 0) is 0 Å². The normalized spacial score (nSPS) is 10.6. The molecule has 4 rings (SSSR count). The van der Waals surface area contributed by atoms with Crippen LogP contribution in [0.2, 0.25) is 0 Å². The SMILES string of the molecule is O=C(Oc1ccc(-c2cc(=O)c3cccnc3o2)cc1)c1cccnc1. The fourth-order valence-electron chi connectivity index (χ4n) is 2.47. The molecule has 0 N–H and O–H groups in total. The molecule has 0 unspecified atom stereocenters. The predicted molar refractivity (Wildman–Crippen MR) is 94.9 cm³/mol. The number of fused-ring (bicyclic) bond motifs is 1. The number of ether oxygens (including phenoxy) is 1. The highest BCUT2D eigenvalue weighted by Gasteiger charge is 2.10. The molecule has 0 radical (unpaired) electrons. The Kier molecular flexibility index (Phi) is 3.99. The van der Waals surface area contributed by atoms with Crippen LogP contribution in [0, 0.1) is 0 Å². The molecule has 126 valence electrons. The lowest BCUT2D eigenvalue weighted by Crippen LogP contribution is -2.08. The van der Waals surface area contributed by atoms with Gasteiger partial charge in [0.2, 0.25) is 5.71 Å². The van der Waals surface area contributed by atoms with Gasteiger partial charge < -0.3 is 9.15 Å². The molecule has 0 fully saturated rings. The van der Waals surface area contributed by atoms with Gasteiger partial charge in [-0.2, -0.15) is 0 Å². The van der Waals surface area contributed by atoms with Gasteiger partial charge in [-0.1, -0.05) is 0 Å². The van der Waals surface area contributed by atoms with Gasteiger partial charge >= 0.3 is 5.97 Å². The maximum Gasteiger partial charge on any atom is 0.345 e. The molecule has 26 heavy (non-hydrogen) atoms. The number of pyridine rings is 2. The summed E-state index contributed by atoms with van der Waals surface area (Å²) >= 11 is 0. The number of hydrogen-bond acceptors (Lipinski definition) is 6. The smallest absolute Gasteiger partial charge is 0.345 e. The van der Waals surface area contributed by atoms with E-state index in [1.54, 1.807) is 60.9 Å². The van der Waals surface area contributed by atoms with Gasteiger partial charge in [0, 0.05) is 30.2 Å². The van der Waals surface area contributed by atoms with Crippen molar-refractivity contribution in [2.45, 2.75) is 0 Å². The Morgan fingerprint density at radius 2 is 1.81 bits per heavy atom. The second kappa shape index (κ2) is 6.60. The van der Waals surface area contributed by atoms with Crippen LogP contribution < -0.4 is 10.2 Å². The summed E-state index contributed by atoms with van der Waals surface area (Å²) in [4.78, 5) is 32.2. The number of carbonyl (C=O) groups excluding carboxylic acids is 1. The van der Waals surface area contributed by atoms with E-state index in [1.165, 1.54) is 12.3 Å². The largest absolute Gasteiger partial charge is 0.437 e. The fraction of sp³-hybridized carbons (Fsp3) is 0. The topological polar surface area (TPSA) is 82.3 Å². The minimum absolute atomic E-state index is 0.165. The molecule has 0 saturated carbocycles. The lowest BCUT2D eigenvalue weighted by atomic mass is 10.1. The van der Waals surface area contributed by atoms with E-state index in [-0.39, 0.29) is 11.1 Å². The Balaban J connectivity index is 1.60. The van der Waals surface area contributed by atoms with Crippen molar-refractivity contribution in [1.82, 2.24) is 9.97 Å². The van der Waals surface area contributed by atoms with E-state index >= 15 is 0 Å². The Morgan fingerprint density at radius 1 is 1.00 bits per heavy atom. The summed E-state index contributed by atoms with van der Waals surface area (Å²) in [6, 6.07) is 14.7. The van der Waals surface area contributed by atoms with Crippen LogP contribution in [0.4, 0.5) is 0 Å². The predicted octanol–water partition coefficient (Wildman–Crippen LogP) is 3.47. The van der Waals surface area contributed by atoms with Crippen LogP contribution in [0.3, 0.4) is 0 Å². The quantitative estimate of drug-likeness (QED) is 0.418. The monoisotopic (exact) mass is 344 g/mol. The second-order valence-electron chi connectivity index (χ2n) is 5.49. The molecular weight excluding hydrogens is 332 g/mol. The first kappa shape index (κ1) is 15.7. The van der Waals surface area contributed by atoms with Gasteiger partial charge in [0.25, 0.3) is 0 Å². The highest BCUT2D eigenvalue weighted by Crippen LogP contribution is 2.24. The van der Waals surface area contributed by atoms with Gasteiger partial charge in [-0.3, -0.25) is 9.78 Å². The maximum atomic E-state index is 12.2. The molecule has 0 bridgehead atoms. The molecule has 0 amide bonds. The van der Waals surface area contributed by atoms with E-state index in [4.69, 9.17) is 9.15 Å². The zero-order chi connectivity index (χ0) is 17.9. The van der Waals surface area contributed by atoms with Gasteiger partial charge in [0.05, 0.1) is 10.9 Å². The van der Waals surface area contributed by atoms with Crippen molar-refractivity contribution < 1.29 is 13.9 Å². The van der Waals surface area contributed by atoms with E-state index < -0.39 is 5.97 Å². The Morgan fingerprint density at radius 3 is 2.58 bits per heavy atom. The van der Waals surface area contributed by atoms with Gasteiger partial charge in [0.1, 0.15) is 11.5 Å². The number of benzene rings is 1. The number of nitrogens with zero attached hydrogens (tertiary/aromatic N) is 2. The molecule has 0 spiro atoms. The first-order valence-electron chi connectivity index (χ1n) is 7.82. The van der Waals surface area contributed by atoms with Crippen LogP contribution in [0.25, 0.3) is 22.4 Å². The highest BCUT2D eigenvalue weighted by atomic mass is 16.5. The lowest BCUT2D eigenvalue weighted by molar-refractivity contribution is 0.0734. The maximum absolute atomic E-state index is 12.2. The number of hydrogen-bond donors (Lipinski definition) is 0. The number of carbonyl (C=O) groups is 1. The number of aromatic nitrogens is 2. The molecule has 3 heterocycles. The van der Waals surface area contributed by atoms with Gasteiger partial charge in [-0.05, 0) is 48.5 Å². The molecule has 0 atom stereocenters. The molecule has 1 aromatic carbocycles. The minimum Gasteiger partial charge on any atom is -0.437 e. The van der Waals surface area contributed by atoms with Crippen molar-refractivity contribution >= 4 is 17.1 Å². The van der Waals surface area contributed by atoms with Crippen LogP contribution in [0.5, 0.6) is 5.75 Å². The standard InChI is InChI=1S/C20H12N2O4/c23-17-11-18(26-19-16(17)4-2-10-22-19)13-5-7-15(8-6-13)25-20(24)14-3-1-9-21-12-14/h1-12H. The van der Waals surface area contributed by atoms with Crippen molar-refractivity contribution in [2.24, 2.45) is 0 Å². The second-order valence-corrected chi connectivity index (χ2v) is 5.49. The molecule has 0 aliphatic rings. The van der Waals surface area contributed by atoms with Crippen molar-refractivity contribution in [3.63, 3.8) is 0 Å². The van der Waals surface area contributed by atoms with Crippen molar-refractivity contribution in [3.05, 3.63) is 89.0 Å². The molecule has 0 aliphatic carbocycles. The van der Waals surface area contributed by atoms with Crippen LogP contribution >= 0.6 is 0 Å². The molecule has 6 heteroatoms. The van der Waals surface area contributed by atoms with E-state index in [0.717, 1.165) is 0 Å². The Bertz CT molecular complexity index is 1140. The summed E-state index contributed by atoms with van der Waals surface area (Å²) in [6.07, 6.45) is 4.58. The Hall–Kier alpha value is -3.80. The van der Waals surface area contributed by atoms with Gasteiger partial charge in [-0.25, -0.2) is 9.78 Å². The Labute approximate surface area is 147 Å². The van der Waals surface area contributed by atoms with Crippen molar-refractivity contribution in [1.29, 1.82) is 0 Å². The summed E-state index contributed by atoms with van der Waals surface area (Å²) in [5, 5.41) is 0.429. The lowest BCUT2D eigenvalue weighted by Gasteiger charge is -2.06. The third-order valence-corrected chi connectivity index (χ3v) is 3.75. The van der Waals surface area contributed by atoms with Crippen LogP contribution in [-0.4, -0.2) is 15.9 Å². The summed E-state index contributed by atoms with van der Waals surface area (Å²) in [6.45, 7) is 0.